The Labute approximate surface area is 102 Å². The third-order valence-electron chi connectivity index (χ3n) is 2.67. The summed E-state index contributed by atoms with van der Waals surface area (Å²) >= 11 is 0. The Kier molecular flexibility index (Phi) is 3.84. The smallest absolute Gasteiger partial charge is 0.273 e. The van der Waals surface area contributed by atoms with Crippen molar-refractivity contribution in [1.29, 1.82) is 0 Å². The minimum absolute atomic E-state index is 0.0283. The van der Waals surface area contributed by atoms with E-state index < -0.39 is 0 Å². The van der Waals surface area contributed by atoms with E-state index in [1.54, 1.807) is 4.57 Å². The Hall–Kier alpha value is -1.29. The SMILES string of the molecule is CC(C)Nc1cccn(CCOC2CC2)c1=O. The number of hydrogen-bond acceptors (Lipinski definition) is 3. The van der Waals surface area contributed by atoms with Gasteiger partial charge < -0.3 is 14.6 Å². The van der Waals surface area contributed by atoms with Gasteiger partial charge >= 0.3 is 0 Å². The van der Waals surface area contributed by atoms with Crippen LogP contribution in [0.1, 0.15) is 26.7 Å². The first-order valence-corrected chi connectivity index (χ1v) is 6.24. The zero-order valence-electron chi connectivity index (χ0n) is 10.5. The summed E-state index contributed by atoms with van der Waals surface area (Å²) in [4.78, 5) is 12.0. The summed E-state index contributed by atoms with van der Waals surface area (Å²) in [6.07, 6.45) is 4.60. The van der Waals surface area contributed by atoms with Gasteiger partial charge in [0.2, 0.25) is 0 Å². The first-order chi connectivity index (χ1) is 8.16. The van der Waals surface area contributed by atoms with Gasteiger partial charge in [-0.05, 0) is 38.8 Å². The molecule has 1 aliphatic carbocycles. The molecule has 0 saturated heterocycles. The van der Waals surface area contributed by atoms with Crippen molar-refractivity contribution < 1.29 is 4.74 Å². The molecule has 94 valence electrons. The molecule has 0 atom stereocenters. The van der Waals surface area contributed by atoms with Crippen LogP contribution in [0.3, 0.4) is 0 Å². The van der Waals surface area contributed by atoms with E-state index in [-0.39, 0.29) is 11.6 Å². The van der Waals surface area contributed by atoms with Crippen molar-refractivity contribution in [2.24, 2.45) is 0 Å². The molecule has 4 nitrogen and oxygen atoms in total. The maximum atomic E-state index is 12.0. The standard InChI is InChI=1S/C13H20N2O2/c1-10(2)14-12-4-3-7-15(13(12)16)8-9-17-11-5-6-11/h3-4,7,10-11,14H,5-6,8-9H2,1-2H3. The van der Waals surface area contributed by atoms with Gasteiger partial charge in [-0.2, -0.15) is 0 Å². The van der Waals surface area contributed by atoms with Gasteiger partial charge in [-0.25, -0.2) is 0 Å². The minimum atomic E-state index is 0.0283. The lowest BCUT2D eigenvalue weighted by Crippen LogP contribution is -2.26. The van der Waals surface area contributed by atoms with E-state index in [2.05, 4.69) is 5.32 Å². The van der Waals surface area contributed by atoms with Gasteiger partial charge in [0.1, 0.15) is 5.69 Å². The highest BCUT2D eigenvalue weighted by molar-refractivity contribution is 5.40. The third-order valence-corrected chi connectivity index (χ3v) is 2.67. The number of aromatic nitrogens is 1. The van der Waals surface area contributed by atoms with Gasteiger partial charge in [-0.3, -0.25) is 4.79 Å². The summed E-state index contributed by atoms with van der Waals surface area (Å²) in [6, 6.07) is 3.98. The molecular formula is C13H20N2O2. The van der Waals surface area contributed by atoms with Crippen LogP contribution in [0.5, 0.6) is 0 Å². The fourth-order valence-corrected chi connectivity index (χ4v) is 1.69. The Morgan fingerprint density at radius 3 is 2.94 bits per heavy atom. The van der Waals surface area contributed by atoms with E-state index in [0.29, 0.717) is 24.9 Å². The Morgan fingerprint density at radius 1 is 1.53 bits per heavy atom. The van der Waals surface area contributed by atoms with Gasteiger partial charge in [0.15, 0.2) is 0 Å². The van der Waals surface area contributed by atoms with Crippen molar-refractivity contribution in [2.75, 3.05) is 11.9 Å². The van der Waals surface area contributed by atoms with Gasteiger partial charge in [0.25, 0.3) is 5.56 Å². The second-order valence-corrected chi connectivity index (χ2v) is 4.79. The van der Waals surface area contributed by atoms with Crippen molar-refractivity contribution in [3.63, 3.8) is 0 Å². The fourth-order valence-electron chi connectivity index (χ4n) is 1.69. The lowest BCUT2D eigenvalue weighted by molar-refractivity contribution is 0.111. The molecule has 0 bridgehead atoms. The van der Waals surface area contributed by atoms with E-state index in [0.717, 1.165) is 0 Å². The van der Waals surface area contributed by atoms with E-state index >= 15 is 0 Å². The Balaban J connectivity index is 1.97. The summed E-state index contributed by atoms with van der Waals surface area (Å²) in [6.45, 7) is 5.29. The first kappa shape index (κ1) is 12.2. The molecule has 0 radical (unpaired) electrons. The summed E-state index contributed by atoms with van der Waals surface area (Å²) in [5, 5.41) is 3.15. The minimum Gasteiger partial charge on any atom is -0.378 e. The molecule has 0 amide bonds. The monoisotopic (exact) mass is 236 g/mol. The summed E-state index contributed by atoms with van der Waals surface area (Å²) in [5.74, 6) is 0. The fraction of sp³-hybridized carbons (Fsp3) is 0.615. The van der Waals surface area contributed by atoms with Crippen LogP contribution >= 0.6 is 0 Å². The van der Waals surface area contributed by atoms with Crippen molar-refractivity contribution in [2.45, 2.75) is 45.4 Å². The van der Waals surface area contributed by atoms with Crippen LogP contribution in [0.25, 0.3) is 0 Å². The van der Waals surface area contributed by atoms with E-state index in [4.69, 9.17) is 4.74 Å². The maximum Gasteiger partial charge on any atom is 0.273 e. The van der Waals surface area contributed by atoms with E-state index in [1.165, 1.54) is 12.8 Å². The molecule has 1 fully saturated rings. The molecule has 1 heterocycles. The molecule has 0 aliphatic heterocycles. The molecule has 1 aromatic rings. The molecule has 1 N–H and O–H groups in total. The van der Waals surface area contributed by atoms with Gasteiger partial charge in [-0.15, -0.1) is 0 Å². The average molecular weight is 236 g/mol. The zero-order valence-corrected chi connectivity index (χ0v) is 10.5. The van der Waals surface area contributed by atoms with Gasteiger partial charge in [0.05, 0.1) is 12.7 Å². The van der Waals surface area contributed by atoms with Crippen molar-refractivity contribution >= 4 is 5.69 Å². The van der Waals surface area contributed by atoms with Crippen LogP contribution in [0, 0.1) is 0 Å². The quantitative estimate of drug-likeness (QED) is 0.819. The zero-order chi connectivity index (χ0) is 12.3. The average Bonchev–Trinajstić information content (AvgIpc) is 3.07. The van der Waals surface area contributed by atoms with Gasteiger partial charge in [0, 0.05) is 18.8 Å². The lowest BCUT2D eigenvalue weighted by Gasteiger charge is -2.12. The molecule has 1 aliphatic rings. The topological polar surface area (TPSA) is 43.3 Å². The number of ether oxygens (including phenoxy) is 1. The number of nitrogens with zero attached hydrogens (tertiary/aromatic N) is 1. The second kappa shape index (κ2) is 5.36. The molecule has 1 aromatic heterocycles. The molecule has 17 heavy (non-hydrogen) atoms. The second-order valence-electron chi connectivity index (χ2n) is 4.79. The number of hydrogen-bond donors (Lipinski definition) is 1. The van der Waals surface area contributed by atoms with Crippen molar-refractivity contribution in [1.82, 2.24) is 4.57 Å². The van der Waals surface area contributed by atoms with E-state index in [1.807, 2.05) is 32.2 Å². The predicted molar refractivity (Wildman–Crippen MR) is 68.4 cm³/mol. The maximum absolute atomic E-state index is 12.0. The molecule has 0 aromatic carbocycles. The van der Waals surface area contributed by atoms with Crippen LogP contribution in [0.4, 0.5) is 5.69 Å². The number of anilines is 1. The third kappa shape index (κ3) is 3.60. The van der Waals surface area contributed by atoms with Crippen molar-refractivity contribution in [3.05, 3.63) is 28.7 Å². The molecule has 0 unspecified atom stereocenters. The molecule has 0 spiro atoms. The number of rotatable bonds is 6. The van der Waals surface area contributed by atoms with E-state index in [9.17, 15) is 4.79 Å². The van der Waals surface area contributed by atoms with Crippen LogP contribution in [0.2, 0.25) is 0 Å². The van der Waals surface area contributed by atoms with Crippen LogP contribution < -0.4 is 10.9 Å². The lowest BCUT2D eigenvalue weighted by atomic mass is 10.3. The number of nitrogens with one attached hydrogen (secondary N) is 1. The Bertz CT molecular complexity index is 422. The van der Waals surface area contributed by atoms with Crippen LogP contribution in [-0.2, 0) is 11.3 Å². The van der Waals surface area contributed by atoms with Gasteiger partial charge in [-0.1, -0.05) is 0 Å². The summed E-state index contributed by atoms with van der Waals surface area (Å²) < 4.78 is 7.25. The normalized spacial score (nSPS) is 15.2. The predicted octanol–water partition coefficient (Wildman–Crippen LogP) is 1.85. The molecule has 4 heteroatoms. The molecule has 2 rings (SSSR count). The largest absolute Gasteiger partial charge is 0.378 e. The first-order valence-electron chi connectivity index (χ1n) is 6.24. The highest BCUT2D eigenvalue weighted by atomic mass is 16.5. The molecular weight excluding hydrogens is 216 g/mol. The van der Waals surface area contributed by atoms with Crippen LogP contribution in [0.15, 0.2) is 23.1 Å². The van der Waals surface area contributed by atoms with Crippen molar-refractivity contribution in [3.8, 4) is 0 Å². The highest BCUT2D eigenvalue weighted by Crippen LogP contribution is 2.23. The summed E-state index contributed by atoms with van der Waals surface area (Å²) in [5.41, 5.74) is 0.689. The molecule has 1 saturated carbocycles. The van der Waals surface area contributed by atoms with Crippen LogP contribution in [-0.4, -0.2) is 23.3 Å². The number of pyridine rings is 1. The summed E-state index contributed by atoms with van der Waals surface area (Å²) in [7, 11) is 0. The Morgan fingerprint density at radius 2 is 2.29 bits per heavy atom. The highest BCUT2D eigenvalue weighted by Gasteiger charge is 2.21.